The van der Waals surface area contributed by atoms with Crippen LogP contribution in [0.25, 0.3) is 10.9 Å². The van der Waals surface area contributed by atoms with Gasteiger partial charge in [-0.1, -0.05) is 42.1 Å². The van der Waals surface area contributed by atoms with Crippen molar-refractivity contribution in [1.82, 2.24) is 20.6 Å². The number of carbonyl (C=O) groups is 2. The number of hydrogen-bond donors (Lipinski definition) is 2. The van der Waals surface area contributed by atoms with Gasteiger partial charge in [0.2, 0.25) is 0 Å². The van der Waals surface area contributed by atoms with E-state index in [2.05, 4.69) is 20.6 Å². The Morgan fingerprint density at radius 2 is 1.91 bits per heavy atom. The van der Waals surface area contributed by atoms with Crippen molar-refractivity contribution in [3.05, 3.63) is 71.7 Å². The highest BCUT2D eigenvalue weighted by molar-refractivity contribution is 7.99. The molecule has 164 valence electrons. The maximum Gasteiger partial charge on any atom is 0.338 e. The monoisotopic (exact) mass is 450 g/mol. The third-order valence-corrected chi connectivity index (χ3v) is 5.99. The Labute approximate surface area is 189 Å². The number of hydrogen-bond acceptors (Lipinski definition) is 7. The predicted octanol–water partition coefficient (Wildman–Crippen LogP) is 3.60. The van der Waals surface area contributed by atoms with Crippen LogP contribution in [0.2, 0.25) is 0 Å². The maximum absolute atomic E-state index is 12.9. The Balaban J connectivity index is 1.70. The third-order valence-electron chi connectivity index (χ3n) is 4.96. The highest BCUT2D eigenvalue weighted by Crippen LogP contribution is 2.32. The number of carbonyl (C=O) groups excluding carboxylic acids is 2. The Kier molecular flexibility index (Phi) is 6.55. The van der Waals surface area contributed by atoms with Crippen molar-refractivity contribution in [1.29, 1.82) is 0 Å². The predicted molar refractivity (Wildman–Crippen MR) is 121 cm³/mol. The van der Waals surface area contributed by atoms with E-state index in [1.54, 1.807) is 26.2 Å². The number of rotatable bonds is 7. The van der Waals surface area contributed by atoms with E-state index in [-0.39, 0.29) is 12.6 Å². The molecule has 0 saturated carbocycles. The van der Waals surface area contributed by atoms with E-state index >= 15 is 0 Å². The Morgan fingerprint density at radius 1 is 1.12 bits per heavy atom. The number of ether oxygens (including phenoxy) is 2. The molecular formula is C23H22N4O4S. The zero-order valence-corrected chi connectivity index (χ0v) is 18.4. The summed E-state index contributed by atoms with van der Waals surface area (Å²) in [4.78, 5) is 34.0. The lowest BCUT2D eigenvalue weighted by molar-refractivity contribution is -0.139. The first-order valence-electron chi connectivity index (χ1n) is 10.0. The Morgan fingerprint density at radius 3 is 2.66 bits per heavy atom. The fourth-order valence-electron chi connectivity index (χ4n) is 3.46. The van der Waals surface area contributed by atoms with Crippen LogP contribution in [-0.4, -0.2) is 41.4 Å². The lowest BCUT2D eigenvalue weighted by atomic mass is 9.95. The summed E-state index contributed by atoms with van der Waals surface area (Å²) in [6, 6.07) is 13.9. The molecule has 2 N–H and O–H groups in total. The molecule has 0 aliphatic carbocycles. The number of nitrogens with one attached hydrogen (secondary N) is 2. The number of esters is 1. The van der Waals surface area contributed by atoms with Crippen molar-refractivity contribution < 1.29 is 19.1 Å². The second kappa shape index (κ2) is 9.69. The van der Waals surface area contributed by atoms with E-state index in [0.29, 0.717) is 22.8 Å². The van der Waals surface area contributed by atoms with Crippen LogP contribution in [0.4, 0.5) is 4.79 Å². The minimum atomic E-state index is -0.647. The molecule has 0 fully saturated rings. The summed E-state index contributed by atoms with van der Waals surface area (Å²) in [6.07, 6.45) is 1.51. The molecule has 9 heteroatoms. The lowest BCUT2D eigenvalue weighted by Gasteiger charge is -2.29. The van der Waals surface area contributed by atoms with Crippen molar-refractivity contribution >= 4 is 34.7 Å². The van der Waals surface area contributed by atoms with Crippen LogP contribution in [-0.2, 0) is 9.53 Å². The van der Waals surface area contributed by atoms with Gasteiger partial charge in [-0.15, -0.1) is 0 Å². The number of methoxy groups -OCH3 is 1. The number of fused-ring (bicyclic) bond motifs is 1. The molecule has 3 aromatic rings. The minimum absolute atomic E-state index is 0.225. The average Bonchev–Trinajstić information content (AvgIpc) is 2.82. The van der Waals surface area contributed by atoms with Crippen molar-refractivity contribution in [2.24, 2.45) is 0 Å². The standard InChI is InChI=1S/C23H22N4O4S/c1-3-31-22(28)19-18(12-32-21-16-6-4-5-7-17(16)24-13-25-21)26-23(29)27-20(19)14-8-10-15(30-2)11-9-14/h4-11,13,20H,3,12H2,1-2H3,(H2,26,27,29). The number of para-hydroxylation sites is 1. The van der Waals surface area contributed by atoms with Crippen LogP contribution < -0.4 is 15.4 Å². The second-order valence-electron chi connectivity index (χ2n) is 6.90. The van der Waals surface area contributed by atoms with Gasteiger partial charge in [0.05, 0.1) is 30.8 Å². The molecule has 2 amide bonds. The molecule has 32 heavy (non-hydrogen) atoms. The molecule has 1 aromatic heterocycles. The normalized spacial score (nSPS) is 15.8. The zero-order valence-electron chi connectivity index (χ0n) is 17.6. The summed E-state index contributed by atoms with van der Waals surface area (Å²) in [7, 11) is 1.58. The first-order chi connectivity index (χ1) is 15.6. The fourth-order valence-corrected chi connectivity index (χ4v) is 4.42. The summed E-state index contributed by atoms with van der Waals surface area (Å²) < 4.78 is 10.5. The van der Waals surface area contributed by atoms with E-state index in [9.17, 15) is 9.59 Å². The van der Waals surface area contributed by atoms with Crippen molar-refractivity contribution in [2.75, 3.05) is 19.5 Å². The fraction of sp³-hybridized carbons (Fsp3) is 0.217. The Hall–Kier alpha value is -3.59. The van der Waals surface area contributed by atoms with E-state index < -0.39 is 12.0 Å². The Bertz CT molecular complexity index is 1170. The second-order valence-corrected chi connectivity index (χ2v) is 7.87. The summed E-state index contributed by atoms with van der Waals surface area (Å²) in [6.45, 7) is 1.97. The highest BCUT2D eigenvalue weighted by atomic mass is 32.2. The quantitative estimate of drug-likeness (QED) is 0.322. The van der Waals surface area contributed by atoms with Gasteiger partial charge in [0.15, 0.2) is 0 Å². The van der Waals surface area contributed by atoms with Gasteiger partial charge >= 0.3 is 12.0 Å². The molecule has 1 aliphatic rings. The largest absolute Gasteiger partial charge is 0.497 e. The van der Waals surface area contributed by atoms with Crippen molar-refractivity contribution in [2.45, 2.75) is 18.0 Å². The molecule has 8 nitrogen and oxygen atoms in total. The highest BCUT2D eigenvalue weighted by Gasteiger charge is 2.33. The molecule has 2 aromatic carbocycles. The first-order valence-corrected chi connectivity index (χ1v) is 11.0. The minimum Gasteiger partial charge on any atom is -0.497 e. The molecule has 0 spiro atoms. The van der Waals surface area contributed by atoms with Crippen LogP contribution in [0.3, 0.4) is 0 Å². The number of urea groups is 1. The zero-order chi connectivity index (χ0) is 22.5. The van der Waals surface area contributed by atoms with Gasteiger partial charge in [0.25, 0.3) is 0 Å². The molecule has 1 atom stereocenters. The molecule has 0 bridgehead atoms. The SMILES string of the molecule is CCOC(=O)C1=C(CSc2ncnc3ccccc23)NC(=O)NC1c1ccc(OC)cc1. The van der Waals surface area contributed by atoms with E-state index in [1.165, 1.54) is 18.1 Å². The summed E-state index contributed by atoms with van der Waals surface area (Å²) in [5.41, 5.74) is 2.43. The van der Waals surface area contributed by atoms with Gasteiger partial charge in [0.1, 0.15) is 17.1 Å². The number of nitrogens with zero attached hydrogens (tertiary/aromatic N) is 2. The number of amides is 2. The molecule has 0 saturated heterocycles. The summed E-state index contributed by atoms with van der Waals surface area (Å²) in [5.74, 6) is 0.529. The topological polar surface area (TPSA) is 102 Å². The molecule has 1 unspecified atom stereocenters. The van der Waals surface area contributed by atoms with Gasteiger partial charge in [-0.2, -0.15) is 0 Å². The molecule has 0 radical (unpaired) electrons. The van der Waals surface area contributed by atoms with Gasteiger partial charge in [-0.05, 0) is 30.7 Å². The first kappa shape index (κ1) is 21.6. The van der Waals surface area contributed by atoms with Crippen LogP contribution in [0.15, 0.2) is 71.2 Å². The molecule has 2 heterocycles. The van der Waals surface area contributed by atoms with Crippen LogP contribution >= 0.6 is 11.8 Å². The summed E-state index contributed by atoms with van der Waals surface area (Å²) in [5, 5.41) is 7.29. The average molecular weight is 451 g/mol. The van der Waals surface area contributed by atoms with Gasteiger partial charge in [0, 0.05) is 16.8 Å². The van der Waals surface area contributed by atoms with Gasteiger partial charge < -0.3 is 20.1 Å². The molecule has 1 aliphatic heterocycles. The van der Waals surface area contributed by atoms with E-state index in [1.807, 2.05) is 36.4 Å². The number of aromatic nitrogens is 2. The van der Waals surface area contributed by atoms with Crippen molar-refractivity contribution in [3.63, 3.8) is 0 Å². The van der Waals surface area contributed by atoms with E-state index in [4.69, 9.17) is 9.47 Å². The molecule has 4 rings (SSSR count). The van der Waals surface area contributed by atoms with Crippen molar-refractivity contribution in [3.8, 4) is 5.75 Å². The number of thioether (sulfide) groups is 1. The van der Waals surface area contributed by atoms with Gasteiger partial charge in [-0.3, -0.25) is 0 Å². The summed E-state index contributed by atoms with van der Waals surface area (Å²) >= 11 is 1.42. The number of benzene rings is 2. The maximum atomic E-state index is 12.9. The van der Waals surface area contributed by atoms with Gasteiger partial charge in [-0.25, -0.2) is 19.6 Å². The lowest BCUT2D eigenvalue weighted by Crippen LogP contribution is -2.46. The smallest absolute Gasteiger partial charge is 0.338 e. The van der Waals surface area contributed by atoms with Crippen LogP contribution in [0.1, 0.15) is 18.5 Å². The van der Waals surface area contributed by atoms with Crippen LogP contribution in [0.5, 0.6) is 5.75 Å². The van der Waals surface area contributed by atoms with E-state index in [0.717, 1.165) is 21.5 Å². The van der Waals surface area contributed by atoms with Crippen LogP contribution in [0, 0.1) is 0 Å². The third kappa shape index (κ3) is 4.52. The molecular weight excluding hydrogens is 428 g/mol.